The summed E-state index contributed by atoms with van der Waals surface area (Å²) in [6.07, 6.45) is -3.22. The van der Waals surface area contributed by atoms with Gasteiger partial charge in [0.25, 0.3) is 0 Å². The maximum atomic E-state index is 13.8. The van der Waals surface area contributed by atoms with Crippen molar-refractivity contribution in [1.29, 1.82) is 0 Å². The van der Waals surface area contributed by atoms with Gasteiger partial charge in [-0.25, -0.2) is 8.78 Å². The number of ether oxygens (including phenoxy) is 2. The molecule has 0 fully saturated rings. The molecule has 0 saturated heterocycles. The third-order valence-corrected chi connectivity index (χ3v) is 3.02. The summed E-state index contributed by atoms with van der Waals surface area (Å²) >= 11 is 0. The fourth-order valence-electron chi connectivity index (χ4n) is 1.92. The average molecular weight is 309 g/mol. The van der Waals surface area contributed by atoms with Gasteiger partial charge in [-0.15, -0.1) is 0 Å². The Hall–Kier alpha value is -1.50. The molecule has 1 rings (SSSR count). The summed E-state index contributed by atoms with van der Waals surface area (Å²) in [5, 5.41) is 2.47. The van der Waals surface area contributed by atoms with Crippen LogP contribution < -0.4 is 14.8 Å². The number of hydrogen-bond acceptors (Lipinski definition) is 3. The van der Waals surface area contributed by atoms with Gasteiger partial charge in [-0.1, -0.05) is 13.0 Å². The van der Waals surface area contributed by atoms with Crippen molar-refractivity contribution in [3.05, 3.63) is 23.8 Å². The number of alkyl halides is 4. The Kier molecular flexibility index (Phi) is 6.26. The summed E-state index contributed by atoms with van der Waals surface area (Å²) in [6.45, 7) is 1.96. The highest BCUT2D eigenvalue weighted by Gasteiger charge is 2.49. The van der Waals surface area contributed by atoms with Crippen LogP contribution in [-0.2, 0) is 0 Å². The molecule has 1 atom stereocenters. The van der Waals surface area contributed by atoms with Gasteiger partial charge in [0.05, 0.1) is 14.2 Å². The second-order valence-electron chi connectivity index (χ2n) is 4.48. The lowest BCUT2D eigenvalue weighted by Crippen LogP contribution is -2.42. The Morgan fingerprint density at radius 1 is 1.14 bits per heavy atom. The Morgan fingerprint density at radius 3 is 2.24 bits per heavy atom. The van der Waals surface area contributed by atoms with E-state index in [1.54, 1.807) is 6.92 Å². The molecule has 1 unspecified atom stereocenters. The molecule has 0 radical (unpaired) electrons. The van der Waals surface area contributed by atoms with Crippen LogP contribution in [0.3, 0.4) is 0 Å². The molecule has 0 saturated carbocycles. The van der Waals surface area contributed by atoms with E-state index in [1.165, 1.54) is 32.4 Å². The molecule has 1 aromatic carbocycles. The highest BCUT2D eigenvalue weighted by atomic mass is 19.3. The fourth-order valence-corrected chi connectivity index (χ4v) is 1.92. The van der Waals surface area contributed by atoms with E-state index in [-0.39, 0.29) is 17.9 Å². The molecule has 0 aromatic heterocycles. The Balaban J connectivity index is 3.20. The first-order chi connectivity index (χ1) is 9.88. The Labute approximate surface area is 121 Å². The lowest BCUT2D eigenvalue weighted by molar-refractivity contribution is -0.151. The minimum atomic E-state index is -4.19. The minimum Gasteiger partial charge on any atom is -0.493 e. The van der Waals surface area contributed by atoms with Crippen LogP contribution in [-0.4, -0.2) is 33.1 Å². The van der Waals surface area contributed by atoms with E-state index in [0.717, 1.165) is 0 Å². The quantitative estimate of drug-likeness (QED) is 0.744. The van der Waals surface area contributed by atoms with Crippen LogP contribution in [0.1, 0.15) is 24.9 Å². The second kappa shape index (κ2) is 7.49. The minimum absolute atomic E-state index is 0.0198. The predicted molar refractivity (Wildman–Crippen MR) is 71.5 cm³/mol. The molecule has 0 amide bonds. The van der Waals surface area contributed by atoms with Crippen molar-refractivity contribution in [2.45, 2.75) is 31.7 Å². The van der Waals surface area contributed by atoms with Gasteiger partial charge in [0, 0.05) is 0 Å². The zero-order chi connectivity index (χ0) is 16.0. The molecular weight excluding hydrogens is 290 g/mol. The van der Waals surface area contributed by atoms with Crippen LogP contribution in [0.25, 0.3) is 0 Å². The van der Waals surface area contributed by atoms with Crippen LogP contribution in [0.2, 0.25) is 0 Å². The summed E-state index contributed by atoms with van der Waals surface area (Å²) in [4.78, 5) is 0. The largest absolute Gasteiger partial charge is 0.493 e. The molecule has 120 valence electrons. The third kappa shape index (κ3) is 4.00. The number of methoxy groups -OCH3 is 2. The van der Waals surface area contributed by atoms with Crippen molar-refractivity contribution < 1.29 is 27.0 Å². The molecule has 0 spiro atoms. The smallest absolute Gasteiger partial charge is 0.326 e. The van der Waals surface area contributed by atoms with Crippen molar-refractivity contribution in [2.75, 3.05) is 20.8 Å². The van der Waals surface area contributed by atoms with Gasteiger partial charge in [0.15, 0.2) is 11.5 Å². The molecule has 1 N–H and O–H groups in total. The van der Waals surface area contributed by atoms with Crippen molar-refractivity contribution in [1.82, 2.24) is 5.32 Å². The van der Waals surface area contributed by atoms with Gasteiger partial charge < -0.3 is 14.8 Å². The number of hydrogen-bond donors (Lipinski definition) is 1. The maximum Gasteiger partial charge on any atom is 0.326 e. The first-order valence-electron chi connectivity index (χ1n) is 6.49. The van der Waals surface area contributed by atoms with Crippen LogP contribution in [0.15, 0.2) is 18.2 Å². The SMILES string of the molecule is CCCNC(c1ccc(OC)c(OC)c1)C(F)(F)C(F)F. The number of benzene rings is 1. The van der Waals surface area contributed by atoms with Gasteiger partial charge in [0.2, 0.25) is 0 Å². The van der Waals surface area contributed by atoms with Crippen molar-refractivity contribution >= 4 is 0 Å². The molecular formula is C14H19F4NO2. The second-order valence-corrected chi connectivity index (χ2v) is 4.48. The van der Waals surface area contributed by atoms with Crippen LogP contribution in [0.4, 0.5) is 17.6 Å². The molecule has 21 heavy (non-hydrogen) atoms. The van der Waals surface area contributed by atoms with E-state index in [0.29, 0.717) is 12.2 Å². The highest BCUT2D eigenvalue weighted by molar-refractivity contribution is 5.44. The summed E-state index contributed by atoms with van der Waals surface area (Å²) < 4.78 is 62.8. The van der Waals surface area contributed by atoms with Gasteiger partial charge in [-0.05, 0) is 30.7 Å². The third-order valence-electron chi connectivity index (χ3n) is 3.02. The van der Waals surface area contributed by atoms with E-state index in [9.17, 15) is 17.6 Å². The molecule has 0 aliphatic heterocycles. The first-order valence-corrected chi connectivity index (χ1v) is 6.49. The zero-order valence-electron chi connectivity index (χ0n) is 12.1. The maximum absolute atomic E-state index is 13.8. The molecule has 7 heteroatoms. The van der Waals surface area contributed by atoms with E-state index < -0.39 is 18.4 Å². The molecule has 0 aliphatic carbocycles. The summed E-state index contributed by atoms with van der Waals surface area (Å²) in [7, 11) is 2.75. The standard InChI is InChI=1S/C14H19F4NO2/c1-4-7-19-12(14(17,18)13(15)16)9-5-6-10(20-2)11(8-9)21-3/h5-6,8,12-13,19H,4,7H2,1-3H3. The lowest BCUT2D eigenvalue weighted by Gasteiger charge is -2.28. The normalized spacial score (nSPS) is 13.3. The molecule has 0 heterocycles. The van der Waals surface area contributed by atoms with E-state index in [1.807, 2.05) is 0 Å². The lowest BCUT2D eigenvalue weighted by atomic mass is 9.99. The zero-order valence-corrected chi connectivity index (χ0v) is 12.1. The topological polar surface area (TPSA) is 30.5 Å². The summed E-state index contributed by atoms with van der Waals surface area (Å²) in [6, 6.07) is 2.22. The van der Waals surface area contributed by atoms with Crippen LogP contribution in [0.5, 0.6) is 11.5 Å². The van der Waals surface area contributed by atoms with Crippen LogP contribution in [0, 0.1) is 0 Å². The first kappa shape index (κ1) is 17.6. The molecule has 1 aromatic rings. The van der Waals surface area contributed by atoms with Crippen molar-refractivity contribution in [2.24, 2.45) is 0 Å². The van der Waals surface area contributed by atoms with Gasteiger partial charge in [-0.3, -0.25) is 0 Å². The molecule has 0 aliphatic rings. The number of halogens is 4. The molecule has 3 nitrogen and oxygen atoms in total. The summed E-state index contributed by atoms with van der Waals surface area (Å²) in [5.41, 5.74) is 0.0198. The number of rotatable bonds is 8. The molecule has 0 bridgehead atoms. The monoisotopic (exact) mass is 309 g/mol. The van der Waals surface area contributed by atoms with Crippen molar-refractivity contribution in [3.8, 4) is 11.5 Å². The Morgan fingerprint density at radius 2 is 1.76 bits per heavy atom. The van der Waals surface area contributed by atoms with Gasteiger partial charge in [0.1, 0.15) is 6.04 Å². The van der Waals surface area contributed by atoms with Crippen molar-refractivity contribution in [3.63, 3.8) is 0 Å². The Bertz CT molecular complexity index is 455. The predicted octanol–water partition coefficient (Wildman–Crippen LogP) is 3.64. The average Bonchev–Trinajstić information content (AvgIpc) is 2.46. The summed E-state index contributed by atoms with van der Waals surface area (Å²) in [5.74, 6) is -3.63. The van der Waals surface area contributed by atoms with Gasteiger partial charge in [-0.2, -0.15) is 8.78 Å². The fraction of sp³-hybridized carbons (Fsp3) is 0.571. The van der Waals surface area contributed by atoms with Gasteiger partial charge >= 0.3 is 12.3 Å². The highest BCUT2D eigenvalue weighted by Crippen LogP contribution is 2.39. The van der Waals surface area contributed by atoms with E-state index in [4.69, 9.17) is 9.47 Å². The van der Waals surface area contributed by atoms with E-state index >= 15 is 0 Å². The van der Waals surface area contributed by atoms with Crippen LogP contribution >= 0.6 is 0 Å². The van der Waals surface area contributed by atoms with E-state index in [2.05, 4.69) is 5.32 Å². The number of nitrogens with one attached hydrogen (secondary N) is 1.